The van der Waals surface area contributed by atoms with Crippen LogP contribution in [0.25, 0.3) is 22.3 Å². The number of amides is 1. The molecule has 2 atom stereocenters. The lowest BCUT2D eigenvalue weighted by atomic mass is 9.98. The molecule has 1 amide bonds. The maximum absolute atomic E-state index is 13.4. The van der Waals surface area contributed by atoms with E-state index in [1.807, 2.05) is 99.6 Å². The molecule has 0 aliphatic heterocycles. The van der Waals surface area contributed by atoms with Crippen LogP contribution >= 0.6 is 0 Å². The van der Waals surface area contributed by atoms with Crippen LogP contribution in [0.1, 0.15) is 58.7 Å². The average Bonchev–Trinajstić information content (AvgIpc) is 2.96. The van der Waals surface area contributed by atoms with E-state index in [9.17, 15) is 9.59 Å². The quantitative estimate of drug-likeness (QED) is 0.240. The van der Waals surface area contributed by atoms with Gasteiger partial charge in [0.15, 0.2) is 11.1 Å². The van der Waals surface area contributed by atoms with Crippen molar-refractivity contribution in [2.45, 2.75) is 39.8 Å². The van der Waals surface area contributed by atoms with Gasteiger partial charge in [0.05, 0.1) is 23.2 Å². The van der Waals surface area contributed by atoms with Crippen LogP contribution in [0.4, 0.5) is 5.69 Å². The third-order valence-electron chi connectivity index (χ3n) is 6.94. The number of pyridine rings is 1. The first-order chi connectivity index (χ1) is 18.8. The highest BCUT2D eigenvalue weighted by atomic mass is 16.3. The Morgan fingerprint density at radius 3 is 2.28 bits per heavy atom. The van der Waals surface area contributed by atoms with Gasteiger partial charge in [-0.05, 0) is 57.0 Å². The minimum atomic E-state index is -0.288. The number of nitrogens with zero attached hydrogens (tertiary/aromatic N) is 1. The number of carbonyl (C=O) groups excluding carboxylic acids is 1. The second kappa shape index (κ2) is 11.0. The number of benzene rings is 3. The van der Waals surface area contributed by atoms with Crippen LogP contribution in [0, 0.1) is 13.8 Å². The van der Waals surface area contributed by atoms with E-state index in [1.54, 1.807) is 19.2 Å². The molecule has 0 unspecified atom stereocenters. The van der Waals surface area contributed by atoms with Gasteiger partial charge in [-0.2, -0.15) is 0 Å². The Hall–Kier alpha value is -4.71. The molecule has 5 aromatic rings. The van der Waals surface area contributed by atoms with E-state index < -0.39 is 0 Å². The van der Waals surface area contributed by atoms with E-state index in [2.05, 4.69) is 15.6 Å². The van der Waals surface area contributed by atoms with Gasteiger partial charge in [0.2, 0.25) is 0 Å². The van der Waals surface area contributed by atoms with Crippen molar-refractivity contribution in [2.75, 3.05) is 5.32 Å². The molecule has 2 N–H and O–H groups in total. The van der Waals surface area contributed by atoms with E-state index >= 15 is 0 Å². The zero-order valence-electron chi connectivity index (χ0n) is 22.5. The second-order valence-electron chi connectivity index (χ2n) is 9.85. The zero-order chi connectivity index (χ0) is 27.5. The number of rotatable bonds is 7. The SMILES string of the molecule is Cc1cc([C@@H](C)Nc2cccnc2C(=O)N[C@H](C)c2ccccc2)c2oc(-c3ccccc3)c(C)c(=O)c2c1. The largest absolute Gasteiger partial charge is 0.455 e. The third kappa shape index (κ3) is 5.32. The number of hydrogen-bond acceptors (Lipinski definition) is 5. The number of aryl methyl sites for hydroxylation is 1. The van der Waals surface area contributed by atoms with Crippen molar-refractivity contribution in [1.82, 2.24) is 10.3 Å². The van der Waals surface area contributed by atoms with Crippen molar-refractivity contribution in [2.24, 2.45) is 0 Å². The molecule has 2 heterocycles. The fraction of sp³-hybridized carbons (Fsp3) is 0.182. The van der Waals surface area contributed by atoms with Crippen molar-refractivity contribution in [3.05, 3.63) is 129 Å². The predicted molar refractivity (Wildman–Crippen MR) is 156 cm³/mol. The van der Waals surface area contributed by atoms with Crippen LogP contribution in [0.5, 0.6) is 0 Å². The number of hydrogen-bond donors (Lipinski definition) is 2. The number of aromatic nitrogens is 1. The molecule has 0 spiro atoms. The smallest absolute Gasteiger partial charge is 0.272 e. The van der Waals surface area contributed by atoms with Crippen molar-refractivity contribution >= 4 is 22.6 Å². The van der Waals surface area contributed by atoms with E-state index in [1.165, 1.54) is 0 Å². The molecular formula is C33H31N3O3. The van der Waals surface area contributed by atoms with Crippen LogP contribution in [0.3, 0.4) is 0 Å². The van der Waals surface area contributed by atoms with Crippen LogP contribution in [0.15, 0.2) is 100 Å². The van der Waals surface area contributed by atoms with Crippen LogP contribution in [-0.2, 0) is 0 Å². The highest BCUT2D eigenvalue weighted by Crippen LogP contribution is 2.32. The Kier molecular flexibility index (Phi) is 7.28. The minimum absolute atomic E-state index is 0.0522. The van der Waals surface area contributed by atoms with Crippen LogP contribution < -0.4 is 16.1 Å². The molecule has 2 aromatic heterocycles. The summed E-state index contributed by atoms with van der Waals surface area (Å²) >= 11 is 0. The summed E-state index contributed by atoms with van der Waals surface area (Å²) in [6.07, 6.45) is 1.61. The number of carbonyl (C=O) groups is 1. The molecule has 39 heavy (non-hydrogen) atoms. The molecule has 0 saturated heterocycles. The summed E-state index contributed by atoms with van der Waals surface area (Å²) in [6, 6.07) is 26.5. The summed E-state index contributed by atoms with van der Waals surface area (Å²) in [5, 5.41) is 7.03. The molecule has 5 rings (SSSR count). The average molecular weight is 518 g/mol. The monoisotopic (exact) mass is 517 g/mol. The van der Waals surface area contributed by atoms with Gasteiger partial charge in [0.25, 0.3) is 5.91 Å². The first-order valence-corrected chi connectivity index (χ1v) is 13.0. The molecule has 0 fully saturated rings. The van der Waals surface area contributed by atoms with Crippen molar-refractivity contribution in [3.8, 4) is 11.3 Å². The fourth-order valence-corrected chi connectivity index (χ4v) is 4.86. The summed E-state index contributed by atoms with van der Waals surface area (Å²) in [5.74, 6) is 0.283. The summed E-state index contributed by atoms with van der Waals surface area (Å²) in [7, 11) is 0. The fourth-order valence-electron chi connectivity index (χ4n) is 4.86. The van der Waals surface area contributed by atoms with Gasteiger partial charge >= 0.3 is 0 Å². The molecule has 0 bridgehead atoms. The maximum atomic E-state index is 13.4. The van der Waals surface area contributed by atoms with Crippen molar-refractivity contribution in [1.29, 1.82) is 0 Å². The Morgan fingerprint density at radius 2 is 1.56 bits per heavy atom. The van der Waals surface area contributed by atoms with Gasteiger partial charge in [-0.3, -0.25) is 9.59 Å². The highest BCUT2D eigenvalue weighted by Gasteiger charge is 2.21. The topological polar surface area (TPSA) is 84.2 Å². The number of fused-ring (bicyclic) bond motifs is 1. The lowest BCUT2D eigenvalue weighted by Gasteiger charge is -2.21. The third-order valence-corrected chi connectivity index (χ3v) is 6.94. The van der Waals surface area contributed by atoms with E-state index in [-0.39, 0.29) is 23.4 Å². The molecule has 0 aliphatic carbocycles. The molecule has 196 valence electrons. The summed E-state index contributed by atoms with van der Waals surface area (Å²) in [6.45, 7) is 7.69. The predicted octanol–water partition coefficient (Wildman–Crippen LogP) is 7.14. The Morgan fingerprint density at radius 1 is 0.872 bits per heavy atom. The standard InChI is InChI=1S/C33H31N3O3/c1-20-18-26(32-27(19-20)30(37)21(2)31(39-32)25-14-9-6-10-15-25)23(4)35-28-16-11-17-34-29(28)33(38)36-22(3)24-12-7-5-8-13-24/h5-19,22-23,35H,1-4H3,(H,36,38)/t22-,23-/m1/s1. The minimum Gasteiger partial charge on any atom is -0.455 e. The molecule has 0 radical (unpaired) electrons. The Bertz CT molecular complexity index is 1700. The molecule has 3 aromatic carbocycles. The van der Waals surface area contributed by atoms with Gasteiger partial charge in [-0.15, -0.1) is 0 Å². The van der Waals surface area contributed by atoms with Gasteiger partial charge in [-0.25, -0.2) is 4.98 Å². The van der Waals surface area contributed by atoms with Crippen molar-refractivity contribution in [3.63, 3.8) is 0 Å². The summed E-state index contributed by atoms with van der Waals surface area (Å²) in [4.78, 5) is 31.1. The molecule has 0 saturated carbocycles. The number of nitrogens with one attached hydrogen (secondary N) is 2. The summed E-state index contributed by atoms with van der Waals surface area (Å²) in [5.41, 5.74) is 5.57. The van der Waals surface area contributed by atoms with Gasteiger partial charge in [-0.1, -0.05) is 66.7 Å². The summed E-state index contributed by atoms with van der Waals surface area (Å²) < 4.78 is 6.45. The molecule has 6 nitrogen and oxygen atoms in total. The first kappa shape index (κ1) is 25.9. The van der Waals surface area contributed by atoms with Gasteiger partial charge in [0, 0.05) is 22.9 Å². The molecular weight excluding hydrogens is 486 g/mol. The van der Waals surface area contributed by atoms with E-state index in [0.29, 0.717) is 33.7 Å². The van der Waals surface area contributed by atoms with Crippen LogP contribution in [-0.4, -0.2) is 10.9 Å². The van der Waals surface area contributed by atoms with Gasteiger partial charge in [0.1, 0.15) is 11.3 Å². The Balaban J connectivity index is 1.50. The zero-order valence-corrected chi connectivity index (χ0v) is 22.5. The van der Waals surface area contributed by atoms with E-state index in [4.69, 9.17) is 4.42 Å². The highest BCUT2D eigenvalue weighted by molar-refractivity contribution is 5.98. The van der Waals surface area contributed by atoms with E-state index in [0.717, 1.165) is 22.3 Å². The van der Waals surface area contributed by atoms with Gasteiger partial charge < -0.3 is 15.1 Å². The number of anilines is 1. The molecule has 6 heteroatoms. The second-order valence-corrected chi connectivity index (χ2v) is 9.85. The van der Waals surface area contributed by atoms with Crippen LogP contribution in [0.2, 0.25) is 0 Å². The Labute approximate surface area is 227 Å². The first-order valence-electron chi connectivity index (χ1n) is 13.0. The van der Waals surface area contributed by atoms with Crippen molar-refractivity contribution < 1.29 is 9.21 Å². The maximum Gasteiger partial charge on any atom is 0.272 e. The lowest BCUT2D eigenvalue weighted by molar-refractivity contribution is 0.0935. The normalized spacial score (nSPS) is 12.6. The lowest BCUT2D eigenvalue weighted by Crippen LogP contribution is -2.28. The molecule has 0 aliphatic rings.